The molecule has 2 aromatic carbocycles. The fourth-order valence-corrected chi connectivity index (χ4v) is 2.45. The zero-order valence-corrected chi connectivity index (χ0v) is 14.4. The van der Waals surface area contributed by atoms with E-state index in [1.807, 2.05) is 0 Å². The number of carbonyl (C=O) groups excluding carboxylic acids is 2. The highest BCUT2D eigenvalue weighted by atomic mass is 35.5. The molecule has 2 amide bonds. The van der Waals surface area contributed by atoms with Crippen LogP contribution in [0, 0.1) is 5.82 Å². The number of halogens is 3. The van der Waals surface area contributed by atoms with E-state index in [0.29, 0.717) is 21.4 Å². The Hall–Kier alpha value is -2.11. The van der Waals surface area contributed by atoms with Gasteiger partial charge in [0.05, 0.1) is 10.7 Å². The summed E-state index contributed by atoms with van der Waals surface area (Å²) >= 11 is 11.9. The van der Waals surface area contributed by atoms with Crippen LogP contribution in [-0.4, -0.2) is 18.4 Å². The highest BCUT2D eigenvalue weighted by molar-refractivity contribution is 6.35. The predicted octanol–water partition coefficient (Wildman–Crippen LogP) is 4.51. The summed E-state index contributed by atoms with van der Waals surface area (Å²) in [6, 6.07) is 10.2. The summed E-state index contributed by atoms with van der Waals surface area (Å²) in [4.78, 5) is 25.2. The Morgan fingerprint density at radius 1 is 1.12 bits per heavy atom. The van der Waals surface area contributed by atoms with Crippen LogP contribution in [0.5, 0.6) is 0 Å². The largest absolute Gasteiger partial charge is 0.325 e. The second-order valence-electron chi connectivity index (χ2n) is 5.07. The molecule has 0 aromatic heterocycles. The molecule has 24 heavy (non-hydrogen) atoms. The number of benzene rings is 2. The van der Waals surface area contributed by atoms with E-state index in [4.69, 9.17) is 23.2 Å². The van der Waals surface area contributed by atoms with Crippen molar-refractivity contribution in [2.75, 3.05) is 16.8 Å². The van der Waals surface area contributed by atoms with Crippen LogP contribution in [0.25, 0.3) is 0 Å². The van der Waals surface area contributed by atoms with Crippen molar-refractivity contribution in [2.24, 2.45) is 0 Å². The molecule has 0 saturated heterocycles. The Bertz CT molecular complexity index is 751. The SMILES string of the molecule is CC(=O)N(CCC(=O)Nc1cc(Cl)ccc1Cl)c1ccc(F)cc1. The predicted molar refractivity (Wildman–Crippen MR) is 94.1 cm³/mol. The zero-order chi connectivity index (χ0) is 17.7. The van der Waals surface area contributed by atoms with E-state index in [1.165, 1.54) is 36.1 Å². The van der Waals surface area contributed by atoms with Crippen molar-refractivity contribution in [3.05, 3.63) is 58.3 Å². The molecule has 0 atom stereocenters. The monoisotopic (exact) mass is 368 g/mol. The van der Waals surface area contributed by atoms with Crippen LogP contribution in [0.2, 0.25) is 10.0 Å². The fraction of sp³-hybridized carbons (Fsp3) is 0.176. The topological polar surface area (TPSA) is 49.4 Å². The summed E-state index contributed by atoms with van der Waals surface area (Å²) < 4.78 is 13.0. The van der Waals surface area contributed by atoms with Gasteiger partial charge in [-0.25, -0.2) is 4.39 Å². The van der Waals surface area contributed by atoms with Crippen molar-refractivity contribution in [1.82, 2.24) is 0 Å². The molecule has 0 radical (unpaired) electrons. The van der Waals surface area contributed by atoms with Gasteiger partial charge in [-0.1, -0.05) is 23.2 Å². The van der Waals surface area contributed by atoms with Gasteiger partial charge in [-0.05, 0) is 42.5 Å². The molecule has 1 N–H and O–H groups in total. The van der Waals surface area contributed by atoms with Gasteiger partial charge in [0.25, 0.3) is 0 Å². The van der Waals surface area contributed by atoms with Gasteiger partial charge in [0, 0.05) is 30.6 Å². The summed E-state index contributed by atoms with van der Waals surface area (Å²) in [5.74, 6) is -0.946. The first-order chi connectivity index (χ1) is 11.4. The number of amides is 2. The molecule has 0 fully saturated rings. The van der Waals surface area contributed by atoms with Gasteiger partial charge in [0.1, 0.15) is 5.82 Å². The second kappa shape index (κ2) is 8.13. The second-order valence-corrected chi connectivity index (χ2v) is 5.91. The lowest BCUT2D eigenvalue weighted by atomic mass is 10.2. The molecule has 0 saturated carbocycles. The molecule has 0 aliphatic carbocycles. The average molecular weight is 369 g/mol. The standard InChI is InChI=1S/C17H15Cl2FN2O2/c1-11(23)22(14-5-3-13(20)4-6-14)9-8-17(24)21-16-10-12(18)2-7-15(16)19/h2-7,10H,8-9H2,1H3,(H,21,24). The number of hydrogen-bond acceptors (Lipinski definition) is 2. The van der Waals surface area contributed by atoms with Crippen LogP contribution in [0.15, 0.2) is 42.5 Å². The lowest BCUT2D eigenvalue weighted by Crippen LogP contribution is -2.31. The van der Waals surface area contributed by atoms with Crippen LogP contribution < -0.4 is 10.2 Å². The average Bonchev–Trinajstić information content (AvgIpc) is 2.52. The van der Waals surface area contributed by atoms with Crippen molar-refractivity contribution in [1.29, 1.82) is 0 Å². The number of hydrogen-bond donors (Lipinski definition) is 1. The number of nitrogens with zero attached hydrogens (tertiary/aromatic N) is 1. The lowest BCUT2D eigenvalue weighted by Gasteiger charge is -2.21. The third kappa shape index (κ3) is 4.94. The van der Waals surface area contributed by atoms with E-state index < -0.39 is 5.82 Å². The molecule has 0 spiro atoms. The van der Waals surface area contributed by atoms with Crippen molar-refractivity contribution >= 4 is 46.4 Å². The number of carbonyl (C=O) groups is 2. The first-order valence-electron chi connectivity index (χ1n) is 7.15. The minimum Gasteiger partial charge on any atom is -0.325 e. The number of rotatable bonds is 5. The number of anilines is 2. The highest BCUT2D eigenvalue weighted by Gasteiger charge is 2.14. The van der Waals surface area contributed by atoms with E-state index in [-0.39, 0.29) is 24.8 Å². The fourth-order valence-electron chi connectivity index (χ4n) is 2.11. The van der Waals surface area contributed by atoms with Crippen LogP contribution >= 0.6 is 23.2 Å². The smallest absolute Gasteiger partial charge is 0.226 e. The Labute approximate surface area is 149 Å². The molecule has 2 rings (SSSR count). The van der Waals surface area contributed by atoms with Crippen LogP contribution in [0.3, 0.4) is 0 Å². The minimum atomic E-state index is -0.393. The summed E-state index contributed by atoms with van der Waals surface area (Å²) in [5.41, 5.74) is 0.933. The van der Waals surface area contributed by atoms with E-state index in [2.05, 4.69) is 5.32 Å². The van der Waals surface area contributed by atoms with Crippen LogP contribution in [0.1, 0.15) is 13.3 Å². The molecule has 2 aromatic rings. The number of nitrogens with one attached hydrogen (secondary N) is 1. The maximum absolute atomic E-state index is 13.0. The van der Waals surface area contributed by atoms with Gasteiger partial charge in [-0.15, -0.1) is 0 Å². The van der Waals surface area contributed by atoms with Crippen molar-refractivity contribution < 1.29 is 14.0 Å². The first-order valence-corrected chi connectivity index (χ1v) is 7.91. The maximum atomic E-state index is 13.0. The molecule has 7 heteroatoms. The van der Waals surface area contributed by atoms with Crippen LogP contribution in [-0.2, 0) is 9.59 Å². The minimum absolute atomic E-state index is 0.0554. The van der Waals surface area contributed by atoms with E-state index in [9.17, 15) is 14.0 Å². The zero-order valence-electron chi connectivity index (χ0n) is 12.9. The van der Waals surface area contributed by atoms with Gasteiger partial charge < -0.3 is 10.2 Å². The molecular weight excluding hydrogens is 354 g/mol. The lowest BCUT2D eigenvalue weighted by molar-refractivity contribution is -0.117. The van der Waals surface area contributed by atoms with Crippen LogP contribution in [0.4, 0.5) is 15.8 Å². The van der Waals surface area contributed by atoms with Crippen molar-refractivity contribution in [2.45, 2.75) is 13.3 Å². The Balaban J connectivity index is 2.01. The highest BCUT2D eigenvalue weighted by Crippen LogP contribution is 2.25. The third-order valence-electron chi connectivity index (χ3n) is 3.28. The summed E-state index contributed by atoms with van der Waals surface area (Å²) in [6.45, 7) is 1.54. The summed E-state index contributed by atoms with van der Waals surface area (Å²) in [6.07, 6.45) is 0.0554. The Morgan fingerprint density at radius 3 is 2.42 bits per heavy atom. The van der Waals surface area contributed by atoms with Gasteiger partial charge in [-0.2, -0.15) is 0 Å². The molecule has 0 aliphatic heterocycles. The molecule has 0 heterocycles. The molecular formula is C17H15Cl2FN2O2. The maximum Gasteiger partial charge on any atom is 0.226 e. The molecule has 0 bridgehead atoms. The summed E-state index contributed by atoms with van der Waals surface area (Å²) in [7, 11) is 0. The molecule has 126 valence electrons. The quantitative estimate of drug-likeness (QED) is 0.843. The van der Waals surface area contributed by atoms with Crippen molar-refractivity contribution in [3.8, 4) is 0 Å². The molecule has 0 unspecified atom stereocenters. The van der Waals surface area contributed by atoms with Gasteiger partial charge in [-0.3, -0.25) is 9.59 Å². The summed E-state index contributed by atoms with van der Waals surface area (Å²) in [5, 5.41) is 3.47. The van der Waals surface area contributed by atoms with E-state index >= 15 is 0 Å². The van der Waals surface area contributed by atoms with E-state index in [1.54, 1.807) is 18.2 Å². The third-order valence-corrected chi connectivity index (χ3v) is 3.85. The first kappa shape index (κ1) is 18.2. The van der Waals surface area contributed by atoms with Crippen molar-refractivity contribution in [3.63, 3.8) is 0 Å². The van der Waals surface area contributed by atoms with Gasteiger partial charge >= 0.3 is 0 Å². The normalized spacial score (nSPS) is 10.3. The van der Waals surface area contributed by atoms with E-state index in [0.717, 1.165) is 0 Å². The molecule has 0 aliphatic rings. The van der Waals surface area contributed by atoms with Gasteiger partial charge in [0.2, 0.25) is 11.8 Å². The Kier molecular flexibility index (Phi) is 6.17. The molecule has 4 nitrogen and oxygen atoms in total. The van der Waals surface area contributed by atoms with Gasteiger partial charge in [0.15, 0.2) is 0 Å². The Morgan fingerprint density at radius 2 is 1.79 bits per heavy atom.